The fourth-order valence-corrected chi connectivity index (χ4v) is 3.78. The zero-order valence-electron chi connectivity index (χ0n) is 15.0. The molecule has 136 valence electrons. The Labute approximate surface area is 157 Å². The number of amides is 1. The van der Waals surface area contributed by atoms with Crippen molar-refractivity contribution in [1.29, 1.82) is 0 Å². The summed E-state index contributed by atoms with van der Waals surface area (Å²) in [6, 6.07) is 16.1. The van der Waals surface area contributed by atoms with E-state index in [2.05, 4.69) is 4.98 Å². The second-order valence-electron chi connectivity index (χ2n) is 7.02. The van der Waals surface area contributed by atoms with Crippen molar-refractivity contribution in [3.05, 3.63) is 88.5 Å². The Morgan fingerprint density at radius 3 is 2.67 bits per heavy atom. The Kier molecular flexibility index (Phi) is 4.59. The van der Waals surface area contributed by atoms with Crippen molar-refractivity contribution < 1.29 is 9.59 Å². The molecular weight excluding hydrogens is 338 g/mol. The zero-order valence-corrected chi connectivity index (χ0v) is 15.0. The number of hydrogen-bond donors (Lipinski definition) is 1. The Morgan fingerprint density at radius 2 is 1.89 bits per heavy atom. The molecule has 0 radical (unpaired) electrons. The van der Waals surface area contributed by atoms with Crippen molar-refractivity contribution in [1.82, 2.24) is 9.55 Å². The number of primary amides is 1. The molecule has 0 aliphatic heterocycles. The number of ketones is 1. The minimum Gasteiger partial charge on any atom is -0.369 e. The molecule has 0 atom stereocenters. The van der Waals surface area contributed by atoms with Gasteiger partial charge in [0.05, 0.1) is 24.1 Å². The number of rotatable bonds is 6. The summed E-state index contributed by atoms with van der Waals surface area (Å²) >= 11 is 0. The van der Waals surface area contributed by atoms with Gasteiger partial charge in [0.2, 0.25) is 5.91 Å². The second kappa shape index (κ2) is 7.19. The summed E-state index contributed by atoms with van der Waals surface area (Å²) in [4.78, 5) is 28.0. The normalized spacial score (nSPS) is 13.0. The summed E-state index contributed by atoms with van der Waals surface area (Å²) in [5, 5.41) is 0. The lowest BCUT2D eigenvalue weighted by Crippen LogP contribution is -2.18. The van der Waals surface area contributed by atoms with Crippen LogP contribution in [-0.4, -0.2) is 21.2 Å². The molecule has 1 aliphatic carbocycles. The van der Waals surface area contributed by atoms with Gasteiger partial charge in [0, 0.05) is 25.8 Å². The second-order valence-corrected chi connectivity index (χ2v) is 7.02. The highest BCUT2D eigenvalue weighted by atomic mass is 16.1. The standard InChI is InChI=1S/C22H21N3O2/c23-22(27)12-21-20(9-15-5-2-1-3-6-15)24-14-25(21)13-17-8-4-7-16-10-18(26)11-19(16)17/h1-8,14H,9-13H2,(H2,23,27). The lowest BCUT2D eigenvalue weighted by molar-refractivity contribution is -0.118. The average Bonchev–Trinajstić information content (AvgIpc) is 3.20. The topological polar surface area (TPSA) is 78.0 Å². The SMILES string of the molecule is NC(=O)Cc1c(Cc2ccccc2)ncn1Cc1cccc2c1CC(=O)C2. The number of Topliss-reactive ketones (excluding diaryl/α,β-unsaturated/α-hetero) is 1. The van der Waals surface area contributed by atoms with Gasteiger partial charge in [0.15, 0.2) is 0 Å². The summed E-state index contributed by atoms with van der Waals surface area (Å²) in [6.07, 6.45) is 3.58. The van der Waals surface area contributed by atoms with Crippen molar-refractivity contribution in [3.63, 3.8) is 0 Å². The highest BCUT2D eigenvalue weighted by Gasteiger charge is 2.22. The Hall–Kier alpha value is -3.21. The number of aromatic nitrogens is 2. The summed E-state index contributed by atoms with van der Waals surface area (Å²) in [6.45, 7) is 0.584. The molecule has 1 aromatic heterocycles. The quantitative estimate of drug-likeness (QED) is 0.733. The van der Waals surface area contributed by atoms with E-state index in [0.29, 0.717) is 25.8 Å². The molecule has 3 aromatic rings. The van der Waals surface area contributed by atoms with Crippen LogP contribution in [0.3, 0.4) is 0 Å². The van der Waals surface area contributed by atoms with E-state index in [-0.39, 0.29) is 18.1 Å². The number of hydrogen-bond acceptors (Lipinski definition) is 3. The van der Waals surface area contributed by atoms with Crippen LogP contribution in [0.5, 0.6) is 0 Å². The van der Waals surface area contributed by atoms with Crippen LogP contribution >= 0.6 is 0 Å². The number of carbonyl (C=O) groups excluding carboxylic acids is 2. The lowest BCUT2D eigenvalue weighted by atomic mass is 10.0. The largest absolute Gasteiger partial charge is 0.369 e. The molecule has 0 bridgehead atoms. The third-order valence-electron chi connectivity index (χ3n) is 5.06. The highest BCUT2D eigenvalue weighted by Crippen LogP contribution is 2.25. The fraction of sp³-hybridized carbons (Fsp3) is 0.227. The third kappa shape index (κ3) is 3.67. The van der Waals surface area contributed by atoms with E-state index >= 15 is 0 Å². The lowest BCUT2D eigenvalue weighted by Gasteiger charge is -2.12. The molecule has 0 spiro atoms. The van der Waals surface area contributed by atoms with Crippen LogP contribution in [-0.2, 0) is 41.8 Å². The first-order valence-electron chi connectivity index (χ1n) is 9.06. The third-order valence-corrected chi connectivity index (χ3v) is 5.06. The van der Waals surface area contributed by atoms with Crippen molar-refractivity contribution in [2.24, 2.45) is 5.73 Å². The maximum Gasteiger partial charge on any atom is 0.223 e. The van der Waals surface area contributed by atoms with Gasteiger partial charge in [-0.3, -0.25) is 9.59 Å². The first-order chi connectivity index (χ1) is 13.1. The zero-order chi connectivity index (χ0) is 18.8. The summed E-state index contributed by atoms with van der Waals surface area (Å²) in [5.74, 6) is -0.121. The first kappa shape index (κ1) is 17.2. The molecule has 2 aromatic carbocycles. The number of carbonyl (C=O) groups is 2. The maximum absolute atomic E-state index is 11.8. The van der Waals surface area contributed by atoms with Gasteiger partial charge in [-0.1, -0.05) is 48.5 Å². The van der Waals surface area contributed by atoms with Crippen LogP contribution in [0.25, 0.3) is 0 Å². The molecule has 27 heavy (non-hydrogen) atoms. The molecule has 2 N–H and O–H groups in total. The minimum absolute atomic E-state index is 0.149. The smallest absolute Gasteiger partial charge is 0.223 e. The maximum atomic E-state index is 11.8. The molecule has 5 nitrogen and oxygen atoms in total. The molecule has 0 fully saturated rings. The Morgan fingerprint density at radius 1 is 1.07 bits per heavy atom. The predicted octanol–water partition coefficient (Wildman–Crippen LogP) is 2.22. The van der Waals surface area contributed by atoms with Gasteiger partial charge in [-0.15, -0.1) is 0 Å². The van der Waals surface area contributed by atoms with Crippen molar-refractivity contribution >= 4 is 11.7 Å². The number of imidazole rings is 1. The van der Waals surface area contributed by atoms with E-state index in [1.54, 1.807) is 6.33 Å². The van der Waals surface area contributed by atoms with Crippen LogP contribution < -0.4 is 5.73 Å². The number of nitrogens with two attached hydrogens (primary N) is 1. The molecule has 4 rings (SSSR count). The number of nitrogens with zero attached hydrogens (tertiary/aromatic N) is 2. The fourth-order valence-electron chi connectivity index (χ4n) is 3.78. The van der Waals surface area contributed by atoms with Crippen LogP contribution in [0.4, 0.5) is 0 Å². The average molecular weight is 359 g/mol. The van der Waals surface area contributed by atoms with Gasteiger partial charge in [-0.05, 0) is 22.3 Å². The van der Waals surface area contributed by atoms with Gasteiger partial charge >= 0.3 is 0 Å². The molecule has 5 heteroatoms. The van der Waals surface area contributed by atoms with E-state index < -0.39 is 0 Å². The molecule has 1 heterocycles. The summed E-state index contributed by atoms with van der Waals surface area (Å²) in [7, 11) is 0. The van der Waals surface area contributed by atoms with Crippen molar-refractivity contribution in [2.45, 2.75) is 32.2 Å². The van der Waals surface area contributed by atoms with Crippen molar-refractivity contribution in [2.75, 3.05) is 0 Å². The summed E-state index contributed by atoms with van der Waals surface area (Å²) in [5.41, 5.74) is 11.7. The van der Waals surface area contributed by atoms with Gasteiger partial charge in [0.25, 0.3) is 0 Å². The molecule has 0 unspecified atom stereocenters. The van der Waals surface area contributed by atoms with Gasteiger partial charge < -0.3 is 10.3 Å². The minimum atomic E-state index is -0.375. The predicted molar refractivity (Wildman–Crippen MR) is 102 cm³/mol. The Balaban J connectivity index is 1.66. The van der Waals surface area contributed by atoms with Crippen molar-refractivity contribution in [3.8, 4) is 0 Å². The van der Waals surface area contributed by atoms with E-state index in [0.717, 1.165) is 33.6 Å². The highest BCUT2D eigenvalue weighted by molar-refractivity contribution is 5.88. The van der Waals surface area contributed by atoms with E-state index in [1.165, 1.54) is 0 Å². The van der Waals surface area contributed by atoms with Crippen LogP contribution in [0.15, 0.2) is 54.9 Å². The van der Waals surface area contributed by atoms with Gasteiger partial charge in [-0.25, -0.2) is 4.98 Å². The van der Waals surface area contributed by atoms with E-state index in [9.17, 15) is 9.59 Å². The summed E-state index contributed by atoms with van der Waals surface area (Å²) < 4.78 is 1.99. The molecular formula is C22H21N3O2. The van der Waals surface area contributed by atoms with Crippen LogP contribution in [0.2, 0.25) is 0 Å². The molecule has 1 aliphatic rings. The molecule has 0 saturated heterocycles. The first-order valence-corrected chi connectivity index (χ1v) is 9.06. The number of benzene rings is 2. The Bertz CT molecular complexity index is 1010. The van der Waals surface area contributed by atoms with Gasteiger partial charge in [0.1, 0.15) is 5.78 Å². The number of fused-ring (bicyclic) bond motifs is 1. The van der Waals surface area contributed by atoms with Crippen LogP contribution in [0, 0.1) is 0 Å². The molecule has 1 amide bonds. The van der Waals surface area contributed by atoms with E-state index in [4.69, 9.17) is 5.73 Å². The molecule has 0 saturated carbocycles. The monoisotopic (exact) mass is 359 g/mol. The van der Waals surface area contributed by atoms with E-state index in [1.807, 2.05) is 53.1 Å². The van der Waals surface area contributed by atoms with Crippen LogP contribution in [0.1, 0.15) is 33.6 Å². The van der Waals surface area contributed by atoms with Gasteiger partial charge in [-0.2, -0.15) is 0 Å².